The number of pyridine rings is 1. The van der Waals surface area contributed by atoms with Gasteiger partial charge in [0.2, 0.25) is 0 Å². The lowest BCUT2D eigenvalue weighted by Gasteiger charge is -2.30. The van der Waals surface area contributed by atoms with Gasteiger partial charge in [-0.25, -0.2) is 0 Å². The Labute approximate surface area is 207 Å². The van der Waals surface area contributed by atoms with E-state index >= 15 is 0 Å². The van der Waals surface area contributed by atoms with E-state index in [9.17, 15) is 0 Å². The lowest BCUT2D eigenvalue weighted by molar-refractivity contribution is 0.210. The Morgan fingerprint density at radius 2 is 1.65 bits per heavy atom. The van der Waals surface area contributed by atoms with Gasteiger partial charge in [0, 0.05) is 29.8 Å². The number of hydrogen-bond acceptors (Lipinski definition) is 3. The fourth-order valence-electron chi connectivity index (χ4n) is 5.99. The molecule has 0 bridgehead atoms. The van der Waals surface area contributed by atoms with Crippen LogP contribution in [0.4, 0.5) is 5.69 Å². The topological polar surface area (TPSA) is 42.3 Å². The number of anilines is 1. The van der Waals surface area contributed by atoms with Gasteiger partial charge in [0.1, 0.15) is 11.8 Å². The van der Waals surface area contributed by atoms with E-state index in [1.54, 1.807) is 0 Å². The number of thiocarbonyl (C=S) groups is 1. The first-order valence-electron chi connectivity index (χ1n) is 12.7. The van der Waals surface area contributed by atoms with Crippen LogP contribution >= 0.6 is 12.2 Å². The second-order valence-corrected chi connectivity index (χ2v) is 10.2. The van der Waals surface area contributed by atoms with E-state index in [1.807, 2.05) is 12.3 Å². The van der Waals surface area contributed by atoms with Gasteiger partial charge in [-0.2, -0.15) is 0 Å². The minimum Gasteiger partial charge on any atom is -0.490 e. The molecular weight excluding hydrogens is 440 g/mol. The van der Waals surface area contributed by atoms with Gasteiger partial charge in [0.25, 0.3) is 0 Å². The molecule has 1 N–H and O–H groups in total. The average molecular weight is 473 g/mol. The summed E-state index contributed by atoms with van der Waals surface area (Å²) in [6, 6.07) is 19.6. The molecule has 2 saturated carbocycles. The molecule has 0 spiro atoms. The Bertz CT molecular complexity index is 1120. The highest BCUT2D eigenvalue weighted by Gasteiger charge is 2.42. The van der Waals surface area contributed by atoms with Gasteiger partial charge in [0.15, 0.2) is 5.11 Å². The van der Waals surface area contributed by atoms with Crippen molar-refractivity contribution in [2.45, 2.75) is 75.6 Å². The van der Waals surface area contributed by atoms with E-state index in [0.29, 0.717) is 12.1 Å². The lowest BCUT2D eigenvalue weighted by Crippen LogP contribution is -2.30. The highest BCUT2D eigenvalue weighted by Crippen LogP contribution is 2.44. The van der Waals surface area contributed by atoms with Crippen LogP contribution < -0.4 is 15.0 Å². The van der Waals surface area contributed by atoms with E-state index in [4.69, 9.17) is 21.9 Å². The third kappa shape index (κ3) is 4.09. The third-order valence-electron chi connectivity index (χ3n) is 7.65. The predicted octanol–water partition coefficient (Wildman–Crippen LogP) is 6.50. The molecule has 2 aromatic heterocycles. The van der Waals surface area contributed by atoms with Crippen LogP contribution in [0.1, 0.15) is 80.9 Å². The van der Waals surface area contributed by atoms with Crippen LogP contribution in [-0.4, -0.2) is 20.8 Å². The van der Waals surface area contributed by atoms with Gasteiger partial charge in [-0.3, -0.25) is 4.98 Å². The SMILES string of the molecule is S=C1NC(c2ccccn2)C(c2cccn2C2CCCC2)N1c1ccc(OC2CCCC2)cc1. The summed E-state index contributed by atoms with van der Waals surface area (Å²) in [7, 11) is 0. The minimum atomic E-state index is -0.0156. The van der Waals surface area contributed by atoms with Crippen LogP contribution in [0.15, 0.2) is 67.0 Å². The molecule has 3 fully saturated rings. The van der Waals surface area contributed by atoms with Gasteiger partial charge in [0.05, 0.1) is 17.8 Å². The molecule has 0 radical (unpaired) electrons. The molecule has 0 amide bonds. The molecule has 2 atom stereocenters. The molecule has 1 saturated heterocycles. The number of nitrogens with one attached hydrogen (secondary N) is 1. The molecule has 1 aliphatic heterocycles. The van der Waals surface area contributed by atoms with Crippen LogP contribution in [0.25, 0.3) is 0 Å². The first-order chi connectivity index (χ1) is 16.8. The number of aromatic nitrogens is 2. The second kappa shape index (κ2) is 9.41. The van der Waals surface area contributed by atoms with Crippen molar-refractivity contribution >= 4 is 23.0 Å². The smallest absolute Gasteiger partial charge is 0.174 e. The summed E-state index contributed by atoms with van der Waals surface area (Å²) in [6.07, 6.45) is 14.4. The van der Waals surface area contributed by atoms with Crippen LogP contribution in [0.2, 0.25) is 0 Å². The second-order valence-electron chi connectivity index (χ2n) is 9.79. The number of hydrogen-bond donors (Lipinski definition) is 1. The maximum absolute atomic E-state index is 6.21. The zero-order valence-electron chi connectivity index (χ0n) is 19.5. The van der Waals surface area contributed by atoms with E-state index < -0.39 is 0 Å². The molecule has 1 aromatic carbocycles. The molecular formula is C28H32N4OS. The summed E-state index contributed by atoms with van der Waals surface area (Å²) >= 11 is 5.92. The molecule has 2 aliphatic carbocycles. The zero-order chi connectivity index (χ0) is 22.9. The molecule has 6 heteroatoms. The van der Waals surface area contributed by atoms with Crippen molar-refractivity contribution in [2.75, 3.05) is 4.90 Å². The Hall–Kier alpha value is -2.86. The monoisotopic (exact) mass is 472 g/mol. The standard InChI is InChI=1S/C28H32N4OS/c34-28-30-26(24-12-5-6-18-29-24)27(25-13-7-19-31(25)20-8-1-2-9-20)32(28)21-14-16-23(17-15-21)33-22-10-3-4-11-22/h5-7,12-20,22,26-27H,1-4,8-11H2,(H,30,34). The van der Waals surface area contributed by atoms with E-state index in [2.05, 4.69) is 69.5 Å². The number of benzene rings is 1. The summed E-state index contributed by atoms with van der Waals surface area (Å²) in [6.45, 7) is 0. The van der Waals surface area contributed by atoms with Gasteiger partial charge in [-0.1, -0.05) is 18.9 Å². The molecule has 34 heavy (non-hydrogen) atoms. The van der Waals surface area contributed by atoms with Crippen molar-refractivity contribution in [3.05, 3.63) is 78.4 Å². The summed E-state index contributed by atoms with van der Waals surface area (Å²) in [5, 5.41) is 4.34. The average Bonchev–Trinajstić information content (AvgIpc) is 3.66. The normalized spacial score (nSPS) is 23.5. The molecule has 3 aromatic rings. The Balaban J connectivity index is 1.36. The van der Waals surface area contributed by atoms with Crippen molar-refractivity contribution in [2.24, 2.45) is 0 Å². The Morgan fingerprint density at radius 3 is 2.38 bits per heavy atom. The van der Waals surface area contributed by atoms with Gasteiger partial charge < -0.3 is 19.5 Å². The third-order valence-corrected chi connectivity index (χ3v) is 7.97. The van der Waals surface area contributed by atoms with Crippen molar-refractivity contribution in [1.82, 2.24) is 14.9 Å². The molecule has 3 aliphatic rings. The van der Waals surface area contributed by atoms with Crippen molar-refractivity contribution in [3.63, 3.8) is 0 Å². The Morgan fingerprint density at radius 1 is 0.882 bits per heavy atom. The molecule has 6 rings (SSSR count). The van der Waals surface area contributed by atoms with Crippen molar-refractivity contribution in [3.8, 4) is 5.75 Å². The molecule has 176 valence electrons. The Kier molecular flexibility index (Phi) is 6.00. The number of ether oxygens (including phenoxy) is 1. The van der Waals surface area contributed by atoms with Gasteiger partial charge in [-0.05, 0) is 99.3 Å². The summed E-state index contributed by atoms with van der Waals surface area (Å²) in [5.41, 5.74) is 3.39. The fourth-order valence-corrected chi connectivity index (χ4v) is 6.34. The van der Waals surface area contributed by atoms with E-state index in [0.717, 1.165) is 35.1 Å². The maximum Gasteiger partial charge on any atom is 0.174 e. The summed E-state index contributed by atoms with van der Waals surface area (Å²) in [4.78, 5) is 6.98. The highest BCUT2D eigenvalue weighted by atomic mass is 32.1. The van der Waals surface area contributed by atoms with Crippen molar-refractivity contribution < 1.29 is 4.74 Å². The van der Waals surface area contributed by atoms with Crippen LogP contribution in [0.5, 0.6) is 5.75 Å². The van der Waals surface area contributed by atoms with E-state index in [1.165, 1.54) is 44.2 Å². The maximum atomic E-state index is 6.21. The number of rotatable bonds is 6. The lowest BCUT2D eigenvalue weighted by atomic mass is 10.00. The zero-order valence-corrected chi connectivity index (χ0v) is 20.3. The molecule has 2 unspecified atom stereocenters. The largest absolute Gasteiger partial charge is 0.490 e. The first-order valence-corrected chi connectivity index (χ1v) is 13.1. The summed E-state index contributed by atoms with van der Waals surface area (Å²) < 4.78 is 8.71. The van der Waals surface area contributed by atoms with Crippen LogP contribution in [0.3, 0.4) is 0 Å². The van der Waals surface area contributed by atoms with Crippen LogP contribution in [-0.2, 0) is 0 Å². The fraction of sp³-hybridized carbons (Fsp3) is 0.429. The highest BCUT2D eigenvalue weighted by molar-refractivity contribution is 7.80. The minimum absolute atomic E-state index is 0.0156. The van der Waals surface area contributed by atoms with Gasteiger partial charge in [-0.15, -0.1) is 0 Å². The van der Waals surface area contributed by atoms with E-state index in [-0.39, 0.29) is 12.1 Å². The molecule has 3 heterocycles. The summed E-state index contributed by atoms with van der Waals surface area (Å²) in [5.74, 6) is 0.945. The van der Waals surface area contributed by atoms with Gasteiger partial charge >= 0.3 is 0 Å². The molecule has 5 nitrogen and oxygen atoms in total. The number of nitrogens with zero attached hydrogens (tertiary/aromatic N) is 3. The quantitative estimate of drug-likeness (QED) is 0.415. The predicted molar refractivity (Wildman–Crippen MR) is 139 cm³/mol. The first kappa shape index (κ1) is 21.7. The van der Waals surface area contributed by atoms with Crippen LogP contribution in [0, 0.1) is 0 Å². The van der Waals surface area contributed by atoms with Crippen molar-refractivity contribution in [1.29, 1.82) is 0 Å².